The highest BCUT2D eigenvalue weighted by Crippen LogP contribution is 2.47. The summed E-state index contributed by atoms with van der Waals surface area (Å²) in [7, 11) is 0. The van der Waals surface area contributed by atoms with Crippen LogP contribution in [0.15, 0.2) is 28.7 Å². The number of carbonyl (C=O) groups excluding carboxylic acids is 1. The molecule has 22 heavy (non-hydrogen) atoms. The number of benzene rings is 1. The molecule has 3 N–H and O–H groups in total. The van der Waals surface area contributed by atoms with E-state index >= 15 is 0 Å². The van der Waals surface area contributed by atoms with Crippen molar-refractivity contribution >= 4 is 34.2 Å². The molecular formula is C17H24BrClN2O. The van der Waals surface area contributed by atoms with E-state index in [4.69, 9.17) is 5.73 Å². The monoisotopic (exact) mass is 386 g/mol. The summed E-state index contributed by atoms with van der Waals surface area (Å²) < 4.78 is 1.10. The maximum atomic E-state index is 12.5. The van der Waals surface area contributed by atoms with Crippen LogP contribution in [0.25, 0.3) is 0 Å². The molecule has 0 radical (unpaired) electrons. The van der Waals surface area contributed by atoms with Crippen molar-refractivity contribution in [2.75, 3.05) is 0 Å². The molecule has 2 aliphatic carbocycles. The van der Waals surface area contributed by atoms with E-state index in [1.54, 1.807) is 0 Å². The van der Waals surface area contributed by atoms with Crippen molar-refractivity contribution in [1.29, 1.82) is 0 Å². The second-order valence-corrected chi connectivity index (χ2v) is 7.50. The van der Waals surface area contributed by atoms with Gasteiger partial charge in [0.05, 0.1) is 5.92 Å². The fraction of sp³-hybridized carbons (Fsp3) is 0.588. The lowest BCUT2D eigenvalue weighted by Gasteiger charge is -2.28. The average molecular weight is 388 g/mol. The summed E-state index contributed by atoms with van der Waals surface area (Å²) in [4.78, 5) is 12.5. The Morgan fingerprint density at radius 3 is 2.68 bits per heavy atom. The molecule has 0 heterocycles. The van der Waals surface area contributed by atoms with Gasteiger partial charge < -0.3 is 11.1 Å². The van der Waals surface area contributed by atoms with Gasteiger partial charge in [-0.1, -0.05) is 34.1 Å². The van der Waals surface area contributed by atoms with Crippen LogP contribution in [0.3, 0.4) is 0 Å². The molecular weight excluding hydrogens is 364 g/mol. The highest BCUT2D eigenvalue weighted by Gasteiger charge is 2.49. The summed E-state index contributed by atoms with van der Waals surface area (Å²) in [5.74, 6) is 1.28. The van der Waals surface area contributed by atoms with E-state index in [0.717, 1.165) is 17.3 Å². The molecule has 3 rings (SSSR count). The molecule has 2 aliphatic rings. The Hall–Kier alpha value is -0.580. The molecule has 5 heteroatoms. The van der Waals surface area contributed by atoms with Gasteiger partial charge in [-0.25, -0.2) is 0 Å². The molecule has 2 bridgehead atoms. The van der Waals surface area contributed by atoms with Crippen LogP contribution >= 0.6 is 28.3 Å². The van der Waals surface area contributed by atoms with Crippen LogP contribution in [-0.2, 0) is 11.2 Å². The normalized spacial score (nSPS) is 30.7. The maximum absolute atomic E-state index is 12.5. The molecule has 3 nitrogen and oxygen atoms in total. The van der Waals surface area contributed by atoms with Crippen LogP contribution in [0.5, 0.6) is 0 Å². The van der Waals surface area contributed by atoms with Crippen molar-refractivity contribution in [2.45, 2.75) is 44.7 Å². The van der Waals surface area contributed by atoms with Crippen LogP contribution in [0.1, 0.15) is 31.7 Å². The number of rotatable bonds is 4. The highest BCUT2D eigenvalue weighted by molar-refractivity contribution is 9.10. The summed E-state index contributed by atoms with van der Waals surface area (Å²) in [5, 5.41) is 3.17. The Balaban J connectivity index is 0.00000176. The lowest BCUT2D eigenvalue weighted by atomic mass is 9.84. The first kappa shape index (κ1) is 17.8. The minimum atomic E-state index is 0. The molecule has 1 amide bonds. The summed E-state index contributed by atoms with van der Waals surface area (Å²) in [5.41, 5.74) is 7.47. The van der Waals surface area contributed by atoms with Crippen LogP contribution < -0.4 is 11.1 Å². The molecule has 0 saturated heterocycles. The van der Waals surface area contributed by atoms with Crippen molar-refractivity contribution in [2.24, 2.45) is 23.5 Å². The third-order valence-corrected chi connectivity index (χ3v) is 5.93. The van der Waals surface area contributed by atoms with Crippen LogP contribution in [-0.4, -0.2) is 18.0 Å². The Labute approximate surface area is 147 Å². The SMILES string of the molecule is CC(Cc1ccccc1Br)NC(=O)C1C2CCC(C2)C1N.Cl. The standard InChI is InChI=1S/C17H23BrN2O.ClH/c1-10(8-11-4-2-3-5-14(11)18)20-17(21)15-12-6-7-13(9-12)16(15)19;/h2-5,10,12-13,15-16H,6-9,19H2,1H3,(H,20,21);1H. The Morgan fingerprint density at radius 2 is 2.05 bits per heavy atom. The van der Waals surface area contributed by atoms with Gasteiger partial charge in [-0.2, -0.15) is 0 Å². The molecule has 2 fully saturated rings. The van der Waals surface area contributed by atoms with Gasteiger partial charge in [0.1, 0.15) is 0 Å². The zero-order valence-corrected chi connectivity index (χ0v) is 15.2. The topological polar surface area (TPSA) is 55.1 Å². The second kappa shape index (κ2) is 7.33. The average Bonchev–Trinajstić information content (AvgIpc) is 3.01. The fourth-order valence-electron chi connectivity index (χ4n) is 4.11. The summed E-state index contributed by atoms with van der Waals surface area (Å²) in [6.07, 6.45) is 4.37. The molecule has 5 unspecified atom stereocenters. The van der Waals surface area contributed by atoms with Gasteiger partial charge in [-0.3, -0.25) is 4.79 Å². The summed E-state index contributed by atoms with van der Waals surface area (Å²) >= 11 is 3.56. The largest absolute Gasteiger partial charge is 0.353 e. The molecule has 5 atom stereocenters. The van der Waals surface area contributed by atoms with E-state index in [-0.39, 0.29) is 36.3 Å². The molecule has 2 saturated carbocycles. The number of amides is 1. The quantitative estimate of drug-likeness (QED) is 0.833. The van der Waals surface area contributed by atoms with Crippen LogP contribution in [0.2, 0.25) is 0 Å². The number of halogens is 2. The molecule has 0 aliphatic heterocycles. The van der Waals surface area contributed by atoms with Gasteiger partial charge in [-0.15, -0.1) is 12.4 Å². The highest BCUT2D eigenvalue weighted by atomic mass is 79.9. The minimum absolute atomic E-state index is 0. The number of hydrogen-bond donors (Lipinski definition) is 2. The smallest absolute Gasteiger partial charge is 0.225 e. The van der Waals surface area contributed by atoms with Crippen molar-refractivity contribution < 1.29 is 4.79 Å². The first-order chi connectivity index (χ1) is 10.1. The Kier molecular flexibility index (Phi) is 5.92. The molecule has 1 aromatic carbocycles. The molecule has 0 spiro atoms. The third kappa shape index (κ3) is 3.50. The summed E-state index contributed by atoms with van der Waals surface area (Å²) in [6.45, 7) is 2.07. The first-order valence-electron chi connectivity index (χ1n) is 7.85. The molecule has 1 aromatic rings. The zero-order valence-electron chi connectivity index (χ0n) is 12.8. The van der Waals surface area contributed by atoms with Gasteiger partial charge >= 0.3 is 0 Å². The Bertz CT molecular complexity index is 537. The number of nitrogens with two attached hydrogens (primary N) is 1. The van der Waals surface area contributed by atoms with Gasteiger partial charge in [0.2, 0.25) is 5.91 Å². The fourth-order valence-corrected chi connectivity index (χ4v) is 4.56. The molecule has 122 valence electrons. The van der Waals surface area contributed by atoms with Crippen molar-refractivity contribution in [3.05, 3.63) is 34.3 Å². The van der Waals surface area contributed by atoms with Crippen molar-refractivity contribution in [1.82, 2.24) is 5.32 Å². The minimum Gasteiger partial charge on any atom is -0.353 e. The maximum Gasteiger partial charge on any atom is 0.225 e. The van der Waals surface area contributed by atoms with Gasteiger partial charge in [0.25, 0.3) is 0 Å². The molecule has 0 aromatic heterocycles. The zero-order chi connectivity index (χ0) is 15.0. The van der Waals surface area contributed by atoms with Gasteiger partial charge in [0, 0.05) is 16.6 Å². The number of hydrogen-bond acceptors (Lipinski definition) is 2. The third-order valence-electron chi connectivity index (χ3n) is 5.16. The van der Waals surface area contributed by atoms with E-state index in [2.05, 4.69) is 34.2 Å². The first-order valence-corrected chi connectivity index (χ1v) is 8.65. The van der Waals surface area contributed by atoms with E-state index in [1.165, 1.54) is 18.4 Å². The lowest BCUT2D eigenvalue weighted by molar-refractivity contribution is -0.127. The number of nitrogens with one attached hydrogen (secondary N) is 1. The van der Waals surface area contributed by atoms with Crippen molar-refractivity contribution in [3.8, 4) is 0 Å². The summed E-state index contributed by atoms with van der Waals surface area (Å²) in [6, 6.07) is 8.36. The van der Waals surface area contributed by atoms with E-state index in [1.807, 2.05) is 18.2 Å². The van der Waals surface area contributed by atoms with E-state index in [0.29, 0.717) is 11.8 Å². The predicted octanol–water partition coefficient (Wildman–Crippen LogP) is 3.29. The van der Waals surface area contributed by atoms with Gasteiger partial charge in [0.15, 0.2) is 0 Å². The number of fused-ring (bicyclic) bond motifs is 2. The van der Waals surface area contributed by atoms with E-state index < -0.39 is 0 Å². The lowest BCUT2D eigenvalue weighted by Crippen LogP contribution is -2.47. The number of carbonyl (C=O) groups is 1. The van der Waals surface area contributed by atoms with Crippen molar-refractivity contribution in [3.63, 3.8) is 0 Å². The van der Waals surface area contributed by atoms with Crippen LogP contribution in [0, 0.1) is 17.8 Å². The Morgan fingerprint density at radius 1 is 1.36 bits per heavy atom. The second-order valence-electron chi connectivity index (χ2n) is 6.64. The van der Waals surface area contributed by atoms with E-state index in [9.17, 15) is 4.79 Å². The van der Waals surface area contributed by atoms with Crippen LogP contribution in [0.4, 0.5) is 0 Å². The van der Waals surface area contributed by atoms with Gasteiger partial charge in [-0.05, 0) is 56.1 Å². The predicted molar refractivity (Wildman–Crippen MR) is 95.0 cm³/mol.